The minimum atomic E-state index is 0.433. The van der Waals surface area contributed by atoms with Gasteiger partial charge in [-0.1, -0.05) is 0 Å². The molecule has 5 heteroatoms. The second-order valence-corrected chi connectivity index (χ2v) is 5.24. The molecule has 19 heavy (non-hydrogen) atoms. The summed E-state index contributed by atoms with van der Waals surface area (Å²) in [5.41, 5.74) is 7.42. The van der Waals surface area contributed by atoms with Crippen LogP contribution in [0.1, 0.15) is 39.0 Å². The highest BCUT2D eigenvalue weighted by Gasteiger charge is 2.13. The van der Waals surface area contributed by atoms with Gasteiger partial charge in [0.25, 0.3) is 0 Å². The molecule has 0 radical (unpaired) electrons. The molecule has 5 nitrogen and oxygen atoms in total. The molecule has 1 aromatic rings. The molecule has 0 unspecified atom stereocenters. The predicted octanol–water partition coefficient (Wildman–Crippen LogP) is 1.74. The zero-order valence-corrected chi connectivity index (χ0v) is 12.7. The van der Waals surface area contributed by atoms with Crippen molar-refractivity contribution >= 4 is 0 Å². The van der Waals surface area contributed by atoms with E-state index in [9.17, 15) is 0 Å². The number of aromatic nitrogens is 2. The maximum atomic E-state index is 5.61. The van der Waals surface area contributed by atoms with Gasteiger partial charge < -0.3 is 10.5 Å². The van der Waals surface area contributed by atoms with E-state index < -0.39 is 0 Å². The standard InChI is InChI=1S/C14H26N4O/c1-10(2)18(11(3)4)6-7-19-14-16-9-13(8-15)12(5)17-14/h9-11H,6-8,15H2,1-5H3. The second-order valence-electron chi connectivity index (χ2n) is 5.24. The number of hydrogen-bond acceptors (Lipinski definition) is 5. The first kappa shape index (κ1) is 15.9. The van der Waals surface area contributed by atoms with E-state index in [1.54, 1.807) is 6.20 Å². The second kappa shape index (κ2) is 7.40. The number of nitrogens with two attached hydrogens (primary N) is 1. The summed E-state index contributed by atoms with van der Waals surface area (Å²) < 4.78 is 5.61. The first-order valence-corrected chi connectivity index (χ1v) is 6.86. The molecule has 0 aliphatic carbocycles. The molecule has 2 N–H and O–H groups in total. The van der Waals surface area contributed by atoms with Crippen LogP contribution >= 0.6 is 0 Å². The van der Waals surface area contributed by atoms with E-state index >= 15 is 0 Å². The molecule has 1 aromatic heterocycles. The van der Waals surface area contributed by atoms with Gasteiger partial charge in [0.2, 0.25) is 0 Å². The fourth-order valence-corrected chi connectivity index (χ4v) is 2.10. The Morgan fingerprint density at radius 3 is 2.37 bits per heavy atom. The number of hydrogen-bond donors (Lipinski definition) is 1. The molecule has 1 heterocycles. The molecule has 0 bridgehead atoms. The number of aryl methyl sites for hydroxylation is 1. The lowest BCUT2D eigenvalue weighted by Crippen LogP contribution is -2.39. The van der Waals surface area contributed by atoms with Crippen LogP contribution in [0, 0.1) is 6.92 Å². The summed E-state index contributed by atoms with van der Waals surface area (Å²) in [5, 5.41) is 0. The van der Waals surface area contributed by atoms with Crippen molar-refractivity contribution in [3.63, 3.8) is 0 Å². The first-order valence-electron chi connectivity index (χ1n) is 6.86. The highest BCUT2D eigenvalue weighted by Crippen LogP contribution is 2.09. The van der Waals surface area contributed by atoms with Gasteiger partial charge >= 0.3 is 6.01 Å². The lowest BCUT2D eigenvalue weighted by atomic mass is 10.2. The molecule has 108 valence electrons. The Labute approximate surface area is 116 Å². The van der Waals surface area contributed by atoms with Crippen molar-refractivity contribution in [2.45, 2.75) is 53.2 Å². The Bertz CT molecular complexity index is 385. The Balaban J connectivity index is 2.51. The average Bonchev–Trinajstić information content (AvgIpc) is 2.33. The normalized spacial score (nSPS) is 11.6. The molecule has 0 saturated heterocycles. The van der Waals surface area contributed by atoms with Crippen LogP contribution in [0.15, 0.2) is 6.20 Å². The maximum absolute atomic E-state index is 5.61. The molecule has 1 rings (SSSR count). The van der Waals surface area contributed by atoms with Crippen LogP contribution in [-0.2, 0) is 6.54 Å². The average molecular weight is 266 g/mol. The van der Waals surface area contributed by atoms with Crippen LogP contribution in [0.2, 0.25) is 0 Å². The van der Waals surface area contributed by atoms with Gasteiger partial charge in [0.05, 0.1) is 0 Å². The van der Waals surface area contributed by atoms with Gasteiger partial charge in [-0.2, -0.15) is 0 Å². The molecule has 0 atom stereocenters. The van der Waals surface area contributed by atoms with E-state index in [0.29, 0.717) is 31.2 Å². The topological polar surface area (TPSA) is 64.3 Å². The van der Waals surface area contributed by atoms with E-state index in [0.717, 1.165) is 17.8 Å². The van der Waals surface area contributed by atoms with Crippen molar-refractivity contribution in [3.05, 3.63) is 17.5 Å². The van der Waals surface area contributed by atoms with Gasteiger partial charge in [-0.05, 0) is 34.6 Å². The van der Waals surface area contributed by atoms with Crippen LogP contribution in [0.25, 0.3) is 0 Å². The Hall–Kier alpha value is -1.20. The van der Waals surface area contributed by atoms with Gasteiger partial charge in [-0.25, -0.2) is 9.97 Å². The summed E-state index contributed by atoms with van der Waals surface area (Å²) in [4.78, 5) is 10.8. The third-order valence-corrected chi connectivity index (χ3v) is 3.19. The van der Waals surface area contributed by atoms with Crippen molar-refractivity contribution in [1.82, 2.24) is 14.9 Å². The molecule has 0 aromatic carbocycles. The molecule has 0 fully saturated rings. The van der Waals surface area contributed by atoms with E-state index in [4.69, 9.17) is 10.5 Å². The summed E-state index contributed by atoms with van der Waals surface area (Å²) >= 11 is 0. The van der Waals surface area contributed by atoms with E-state index in [-0.39, 0.29) is 0 Å². The lowest BCUT2D eigenvalue weighted by molar-refractivity contribution is 0.138. The highest BCUT2D eigenvalue weighted by atomic mass is 16.5. The fraction of sp³-hybridized carbons (Fsp3) is 0.714. The van der Waals surface area contributed by atoms with Crippen LogP contribution < -0.4 is 10.5 Å². The van der Waals surface area contributed by atoms with Gasteiger partial charge in [0.15, 0.2) is 0 Å². The van der Waals surface area contributed by atoms with Gasteiger partial charge in [-0.15, -0.1) is 0 Å². The molecule has 0 amide bonds. The van der Waals surface area contributed by atoms with Crippen molar-refractivity contribution in [2.24, 2.45) is 5.73 Å². The third kappa shape index (κ3) is 4.76. The number of ether oxygens (including phenoxy) is 1. The lowest BCUT2D eigenvalue weighted by Gasteiger charge is -2.30. The predicted molar refractivity (Wildman–Crippen MR) is 77.1 cm³/mol. The van der Waals surface area contributed by atoms with Crippen molar-refractivity contribution in [2.75, 3.05) is 13.2 Å². The van der Waals surface area contributed by atoms with Gasteiger partial charge in [0.1, 0.15) is 6.61 Å². The minimum Gasteiger partial charge on any atom is -0.462 e. The summed E-state index contributed by atoms with van der Waals surface area (Å²) in [6.45, 7) is 12.6. The van der Waals surface area contributed by atoms with E-state index in [1.807, 2.05) is 6.92 Å². The molecular formula is C14H26N4O. The van der Waals surface area contributed by atoms with Crippen LogP contribution in [0.3, 0.4) is 0 Å². The molecule has 0 saturated carbocycles. The third-order valence-electron chi connectivity index (χ3n) is 3.19. The first-order chi connectivity index (χ1) is 8.95. The quantitative estimate of drug-likeness (QED) is 0.814. The van der Waals surface area contributed by atoms with Crippen LogP contribution in [0.4, 0.5) is 0 Å². The zero-order chi connectivity index (χ0) is 14.4. The van der Waals surface area contributed by atoms with Gasteiger partial charge in [-0.3, -0.25) is 4.90 Å². The smallest absolute Gasteiger partial charge is 0.316 e. The SMILES string of the molecule is Cc1nc(OCCN(C(C)C)C(C)C)ncc1CN. The van der Waals surface area contributed by atoms with Crippen LogP contribution in [-0.4, -0.2) is 40.1 Å². The summed E-state index contributed by atoms with van der Waals surface area (Å²) in [6.07, 6.45) is 1.74. The Morgan fingerprint density at radius 1 is 1.26 bits per heavy atom. The summed E-state index contributed by atoms with van der Waals surface area (Å²) in [5.74, 6) is 0. The van der Waals surface area contributed by atoms with Crippen LogP contribution in [0.5, 0.6) is 6.01 Å². The Kier molecular flexibility index (Phi) is 6.18. The maximum Gasteiger partial charge on any atom is 0.316 e. The molecular weight excluding hydrogens is 240 g/mol. The van der Waals surface area contributed by atoms with Crippen molar-refractivity contribution in [1.29, 1.82) is 0 Å². The van der Waals surface area contributed by atoms with Crippen molar-refractivity contribution in [3.8, 4) is 6.01 Å². The van der Waals surface area contributed by atoms with Gasteiger partial charge in [0, 0.05) is 42.6 Å². The fourth-order valence-electron chi connectivity index (χ4n) is 2.10. The molecule has 0 aliphatic rings. The number of nitrogens with zero attached hydrogens (tertiary/aromatic N) is 3. The highest BCUT2D eigenvalue weighted by molar-refractivity contribution is 5.17. The number of rotatable bonds is 7. The largest absolute Gasteiger partial charge is 0.462 e. The zero-order valence-electron chi connectivity index (χ0n) is 12.7. The minimum absolute atomic E-state index is 0.433. The molecule has 0 spiro atoms. The van der Waals surface area contributed by atoms with Crippen molar-refractivity contribution < 1.29 is 4.74 Å². The van der Waals surface area contributed by atoms with E-state index in [2.05, 4.69) is 42.6 Å². The molecule has 0 aliphatic heterocycles. The summed E-state index contributed by atoms with van der Waals surface area (Å²) in [6, 6.07) is 1.44. The van der Waals surface area contributed by atoms with E-state index in [1.165, 1.54) is 0 Å². The Morgan fingerprint density at radius 2 is 1.89 bits per heavy atom. The summed E-state index contributed by atoms with van der Waals surface area (Å²) in [7, 11) is 0. The monoisotopic (exact) mass is 266 g/mol.